The van der Waals surface area contributed by atoms with E-state index in [0.717, 1.165) is 6.54 Å². The Bertz CT molecular complexity index is 633. The molecule has 2 nitrogen and oxygen atoms in total. The Morgan fingerprint density at radius 1 is 1.05 bits per heavy atom. The van der Waals surface area contributed by atoms with Gasteiger partial charge in [-0.15, -0.1) is 0 Å². The molecule has 1 aliphatic heterocycles. The molecule has 2 aromatic carbocycles. The molecule has 2 atom stereocenters. The van der Waals surface area contributed by atoms with Crippen molar-refractivity contribution in [1.82, 2.24) is 5.32 Å². The molecule has 110 valence electrons. The van der Waals surface area contributed by atoms with Gasteiger partial charge in [0.2, 0.25) is 0 Å². The van der Waals surface area contributed by atoms with Crippen LogP contribution >= 0.6 is 0 Å². The highest BCUT2D eigenvalue weighted by atomic mass is 15.0. The molecule has 0 saturated carbocycles. The molecule has 0 bridgehead atoms. The van der Waals surface area contributed by atoms with Crippen LogP contribution in [0.2, 0.25) is 0 Å². The third kappa shape index (κ3) is 2.56. The van der Waals surface area contributed by atoms with E-state index in [1.165, 1.54) is 34.4 Å². The normalized spacial score (nSPS) is 20.1. The third-order valence-electron chi connectivity index (χ3n) is 4.60. The average molecular weight is 280 g/mol. The van der Waals surface area contributed by atoms with E-state index in [2.05, 4.69) is 66.9 Å². The first-order chi connectivity index (χ1) is 10.2. The first-order valence-corrected chi connectivity index (χ1v) is 7.82. The smallest absolute Gasteiger partial charge is 0.0384 e. The molecule has 0 aromatic heterocycles. The van der Waals surface area contributed by atoms with Crippen LogP contribution in [0.25, 0.3) is 11.1 Å². The summed E-state index contributed by atoms with van der Waals surface area (Å²) in [4.78, 5) is 0. The first kappa shape index (κ1) is 14.2. The summed E-state index contributed by atoms with van der Waals surface area (Å²) in [5.41, 5.74) is 6.90. The van der Waals surface area contributed by atoms with E-state index in [1.54, 1.807) is 0 Å². The van der Waals surface area contributed by atoms with Gasteiger partial charge in [0.15, 0.2) is 0 Å². The van der Waals surface area contributed by atoms with Crippen LogP contribution in [0.3, 0.4) is 0 Å². The molecule has 21 heavy (non-hydrogen) atoms. The van der Waals surface area contributed by atoms with E-state index in [0.29, 0.717) is 12.0 Å². The van der Waals surface area contributed by atoms with Crippen LogP contribution in [-0.4, -0.2) is 19.6 Å². The van der Waals surface area contributed by atoms with Crippen molar-refractivity contribution in [1.29, 1.82) is 0 Å². The monoisotopic (exact) mass is 280 g/mol. The van der Waals surface area contributed by atoms with Crippen LogP contribution in [-0.2, 0) is 0 Å². The molecule has 0 aliphatic carbocycles. The number of rotatable bonds is 4. The summed E-state index contributed by atoms with van der Waals surface area (Å²) in [5.74, 6) is 0.572. The topological polar surface area (TPSA) is 24.1 Å². The number of hydrogen-bond acceptors (Lipinski definition) is 2. The van der Waals surface area contributed by atoms with E-state index in [-0.39, 0.29) is 0 Å². The van der Waals surface area contributed by atoms with E-state index >= 15 is 0 Å². The summed E-state index contributed by atoms with van der Waals surface area (Å²) < 4.78 is 0. The molecule has 1 aliphatic rings. The predicted octanol–water partition coefficient (Wildman–Crippen LogP) is 4.17. The second-order valence-electron chi connectivity index (χ2n) is 6.01. The Morgan fingerprint density at radius 2 is 1.81 bits per heavy atom. The fourth-order valence-corrected chi connectivity index (χ4v) is 3.49. The Morgan fingerprint density at radius 3 is 2.57 bits per heavy atom. The molecule has 0 amide bonds. The fourth-order valence-electron chi connectivity index (χ4n) is 3.49. The van der Waals surface area contributed by atoms with Crippen molar-refractivity contribution >= 4 is 5.69 Å². The van der Waals surface area contributed by atoms with Gasteiger partial charge in [-0.2, -0.15) is 0 Å². The highest BCUT2D eigenvalue weighted by Gasteiger charge is 2.31. The Labute approximate surface area is 127 Å². The lowest BCUT2D eigenvalue weighted by Gasteiger charge is -2.19. The zero-order valence-corrected chi connectivity index (χ0v) is 13.1. The Balaban J connectivity index is 2.09. The minimum absolute atomic E-state index is 0.499. The van der Waals surface area contributed by atoms with Crippen molar-refractivity contribution < 1.29 is 0 Å². The quantitative estimate of drug-likeness (QED) is 0.878. The van der Waals surface area contributed by atoms with Crippen LogP contribution in [0, 0.1) is 6.92 Å². The van der Waals surface area contributed by atoms with Crippen molar-refractivity contribution in [2.24, 2.45) is 0 Å². The van der Waals surface area contributed by atoms with Crippen LogP contribution in [0.15, 0.2) is 42.5 Å². The van der Waals surface area contributed by atoms with Gasteiger partial charge in [0.1, 0.15) is 0 Å². The third-order valence-corrected chi connectivity index (χ3v) is 4.60. The number of fused-ring (bicyclic) bond motifs is 1. The van der Waals surface area contributed by atoms with Crippen molar-refractivity contribution in [2.75, 3.05) is 18.9 Å². The molecular formula is C19H24N2. The second-order valence-corrected chi connectivity index (χ2v) is 6.01. The lowest BCUT2D eigenvalue weighted by atomic mass is 9.85. The lowest BCUT2D eigenvalue weighted by molar-refractivity contribution is 0.564. The van der Waals surface area contributed by atoms with Gasteiger partial charge in [0.25, 0.3) is 0 Å². The largest absolute Gasteiger partial charge is 0.382 e. The van der Waals surface area contributed by atoms with E-state index in [4.69, 9.17) is 0 Å². The zero-order chi connectivity index (χ0) is 14.8. The average Bonchev–Trinajstić information content (AvgIpc) is 2.81. The fraction of sp³-hybridized carbons (Fsp3) is 0.368. The van der Waals surface area contributed by atoms with Crippen molar-refractivity contribution in [3.63, 3.8) is 0 Å². The molecule has 0 spiro atoms. The Hall–Kier alpha value is -1.80. The van der Waals surface area contributed by atoms with Crippen molar-refractivity contribution in [2.45, 2.75) is 32.2 Å². The minimum Gasteiger partial charge on any atom is -0.382 e. The van der Waals surface area contributed by atoms with Gasteiger partial charge in [-0.25, -0.2) is 0 Å². The van der Waals surface area contributed by atoms with E-state index < -0.39 is 0 Å². The standard InChI is InChI=1S/C19H24N2/c1-13-7-4-5-8-15(13)17-9-6-10-18-19(17)16(11-12-20-3)14(2)21-18/h4-10,14,16,20-21H,11-12H2,1-3H3. The second kappa shape index (κ2) is 5.90. The maximum absolute atomic E-state index is 3.66. The molecule has 0 saturated heterocycles. The summed E-state index contributed by atoms with van der Waals surface area (Å²) >= 11 is 0. The molecule has 0 fully saturated rings. The maximum atomic E-state index is 3.66. The summed E-state index contributed by atoms with van der Waals surface area (Å²) in [6, 6.07) is 15.8. The van der Waals surface area contributed by atoms with Gasteiger partial charge in [0, 0.05) is 17.6 Å². The SMILES string of the molecule is CNCCC1c2c(cccc2-c2ccccc2C)NC1C. The molecule has 2 unspecified atom stereocenters. The zero-order valence-electron chi connectivity index (χ0n) is 13.1. The first-order valence-electron chi connectivity index (χ1n) is 7.82. The highest BCUT2D eigenvalue weighted by Crippen LogP contribution is 2.44. The highest BCUT2D eigenvalue weighted by molar-refractivity contribution is 5.79. The van der Waals surface area contributed by atoms with E-state index in [1.807, 2.05) is 7.05 Å². The van der Waals surface area contributed by atoms with Gasteiger partial charge in [0.05, 0.1) is 0 Å². The molecule has 2 aromatic rings. The summed E-state index contributed by atoms with van der Waals surface area (Å²) in [6.07, 6.45) is 1.17. The van der Waals surface area contributed by atoms with Gasteiger partial charge in [-0.3, -0.25) is 0 Å². The minimum atomic E-state index is 0.499. The van der Waals surface area contributed by atoms with E-state index in [9.17, 15) is 0 Å². The van der Waals surface area contributed by atoms with Crippen molar-refractivity contribution in [3.05, 3.63) is 53.6 Å². The molecule has 1 heterocycles. The molecule has 2 N–H and O–H groups in total. The number of anilines is 1. The summed E-state index contributed by atoms with van der Waals surface area (Å²) in [5, 5.41) is 6.95. The molecular weight excluding hydrogens is 256 g/mol. The number of aryl methyl sites for hydroxylation is 1. The number of benzene rings is 2. The van der Waals surface area contributed by atoms with Gasteiger partial charge in [-0.05, 0) is 62.2 Å². The molecule has 0 radical (unpaired) electrons. The summed E-state index contributed by atoms with van der Waals surface area (Å²) in [7, 11) is 2.03. The maximum Gasteiger partial charge on any atom is 0.0384 e. The van der Waals surface area contributed by atoms with Crippen molar-refractivity contribution in [3.8, 4) is 11.1 Å². The number of hydrogen-bond donors (Lipinski definition) is 2. The molecule has 2 heteroatoms. The number of nitrogens with one attached hydrogen (secondary N) is 2. The lowest BCUT2D eigenvalue weighted by Crippen LogP contribution is -2.20. The van der Waals surface area contributed by atoms with Crippen LogP contribution in [0.1, 0.15) is 30.4 Å². The predicted molar refractivity (Wildman–Crippen MR) is 91.0 cm³/mol. The molecule has 3 rings (SSSR count). The van der Waals surface area contributed by atoms with Crippen LogP contribution < -0.4 is 10.6 Å². The van der Waals surface area contributed by atoms with Gasteiger partial charge >= 0.3 is 0 Å². The Kier molecular flexibility index (Phi) is 3.98. The van der Waals surface area contributed by atoms with Crippen LogP contribution in [0.4, 0.5) is 5.69 Å². The van der Waals surface area contributed by atoms with Gasteiger partial charge in [-0.1, -0.05) is 36.4 Å². The van der Waals surface area contributed by atoms with Crippen LogP contribution in [0.5, 0.6) is 0 Å². The summed E-state index contributed by atoms with van der Waals surface area (Å²) in [6.45, 7) is 5.54. The van der Waals surface area contributed by atoms with Gasteiger partial charge < -0.3 is 10.6 Å².